The lowest BCUT2D eigenvalue weighted by Gasteiger charge is -2.18. The van der Waals surface area contributed by atoms with Gasteiger partial charge in [0.05, 0.1) is 0 Å². The molecule has 760 valence electrons. The maximum Gasteiger partial charge on any atom is 0.534 e. The molecule has 0 fully saturated rings. The molecule has 17 rings (SSSR count). The number of fused-ring (bicyclic) bond motifs is 4. The van der Waals surface area contributed by atoms with Crippen LogP contribution in [0.1, 0.15) is 247 Å². The van der Waals surface area contributed by atoms with Crippen LogP contribution in [-0.4, -0.2) is 13.9 Å². The highest BCUT2D eigenvalue weighted by atomic mass is 127. The molecule has 0 aromatic heterocycles. The van der Waals surface area contributed by atoms with E-state index in [1.165, 1.54) is 282 Å². The number of anilines is 5. The smallest absolute Gasteiger partial charge is 0.399 e. The first kappa shape index (κ1) is 113. The minimum atomic E-state index is -5.78. The Kier molecular flexibility index (Phi) is 44.7. The molecule has 0 heterocycles. The zero-order valence-electron chi connectivity index (χ0n) is 88.0. The molecule has 0 bridgehead atoms. The van der Waals surface area contributed by atoms with Crippen molar-refractivity contribution in [3.63, 3.8) is 0 Å². The molecule has 0 unspecified atom stereocenters. The Bertz CT molecular complexity index is 6910. The first-order chi connectivity index (χ1) is 70.8. The summed E-state index contributed by atoms with van der Waals surface area (Å²) in [6.45, 7) is 26.5. The Hall–Kier alpha value is -12.1. The molecule has 17 aromatic carbocycles. The lowest BCUT2D eigenvalue weighted by atomic mass is 9.86. The number of aryl methyl sites for hydroxylation is 8. The van der Waals surface area contributed by atoms with Crippen LogP contribution in [0.3, 0.4) is 0 Å². The Morgan fingerprint density at radius 1 is 0.288 bits per heavy atom. The van der Waals surface area contributed by atoms with Crippen LogP contribution in [0.2, 0.25) is 0 Å². The quantitative estimate of drug-likeness (QED) is 0.0117. The van der Waals surface area contributed by atoms with E-state index in [2.05, 4.69) is 415 Å². The number of alkyl halides is 3. The molecule has 146 heavy (non-hydrogen) atoms. The fourth-order valence-corrected chi connectivity index (χ4v) is 20.1. The first-order valence-electron chi connectivity index (χ1n) is 53.4. The second-order valence-electron chi connectivity index (χ2n) is 39.0. The Balaban J connectivity index is 0.000000195. The zero-order valence-corrected chi connectivity index (χ0v) is 92.6. The van der Waals surface area contributed by atoms with E-state index in [4.69, 9.17) is 5.73 Å². The van der Waals surface area contributed by atoms with Gasteiger partial charge in [0.25, 0.3) is 0 Å². The van der Waals surface area contributed by atoms with Gasteiger partial charge in [0, 0.05) is 36.5 Å². The number of nitrogens with one attached hydrogen (secondary N) is 2. The van der Waals surface area contributed by atoms with Crippen molar-refractivity contribution >= 4 is 120 Å². The van der Waals surface area contributed by atoms with Gasteiger partial charge in [-0.2, -0.15) is 21.6 Å². The Morgan fingerprint density at radius 3 is 0.911 bits per heavy atom. The van der Waals surface area contributed by atoms with Crippen LogP contribution in [-0.2, 0) is 29.4 Å². The van der Waals surface area contributed by atoms with Crippen molar-refractivity contribution in [1.82, 2.24) is 0 Å². The molecule has 0 saturated heterocycles. The van der Waals surface area contributed by atoms with E-state index in [0.717, 1.165) is 101 Å². The molecule has 0 saturated carbocycles. The van der Waals surface area contributed by atoms with Crippen LogP contribution in [0.15, 0.2) is 344 Å². The highest BCUT2D eigenvalue weighted by molar-refractivity contribution is 14.1. The third-order valence-corrected chi connectivity index (χ3v) is 29.3. The standard InChI is InChI=1S/C62H68N2.C36H27F3O3S.C14H23N.C12H8BrI.2C5H12/c1-5-7-9-11-13-15-21-47-23-17-27-55(39-47)63-57-29-19-25-51(41-57)53-37-35-49-33-31-45(3)61(59(49)43-53)62-46(4)32-34-50-36-38-54(44-60(50)62)52-26-20-30-58(42-52)64-56-28-18-24-48(40-56)22-16-14-12-10-8-6-2;1-22-6-4-7-27(18-22)29-16-14-25-12-10-23(2)34(32(25)20-29)35-24(3)11-13-26-15-17-30(21-33(26)35)28-8-5-9-31(19-28)42-43(40,41)36(37,38)39;1-2-3-4-5-6-7-9-13-10-8-11-14(15)12-13;13-11-5-1-9(2-6-11)10-3-7-12(14)8-4-10;2*1-3-5-4-2/h17-20,23-44,63-64H,5-16,21-22H2,1-4H3;4-21H,1-3H3;8,10-12H,2-7,9,15H2,1H3;1-8H;2*3-5H2,1-2H3. The molecule has 17 aromatic rings. The number of rotatable bonds is 38. The number of unbranched alkanes of at least 4 members (excludes halogenated alkanes) is 19. The van der Waals surface area contributed by atoms with Crippen LogP contribution < -0.4 is 20.6 Å². The lowest BCUT2D eigenvalue weighted by molar-refractivity contribution is -0.0500. The molecule has 0 aliphatic heterocycles. The van der Waals surface area contributed by atoms with Gasteiger partial charge in [-0.15, -0.1) is 0 Å². The largest absolute Gasteiger partial charge is 0.534 e. The number of halogens is 5. The molecule has 6 nitrogen and oxygen atoms in total. The van der Waals surface area contributed by atoms with Crippen molar-refractivity contribution in [3.05, 3.63) is 392 Å². The minimum Gasteiger partial charge on any atom is -0.399 e. The summed E-state index contributed by atoms with van der Waals surface area (Å²) in [4.78, 5) is 0. The molecular formula is C134H150BrF3IN3O3S. The first-order valence-corrected chi connectivity index (χ1v) is 56.7. The normalized spacial score (nSPS) is 11.2. The Labute approximate surface area is 892 Å². The highest BCUT2D eigenvalue weighted by Crippen LogP contribution is 2.46. The van der Waals surface area contributed by atoms with Crippen LogP contribution in [0, 0.1) is 38.2 Å². The summed E-state index contributed by atoms with van der Waals surface area (Å²) in [6.07, 6.45) is 35.6. The molecule has 0 amide bonds. The molecule has 0 radical (unpaired) electrons. The van der Waals surface area contributed by atoms with E-state index in [1.807, 2.05) is 36.4 Å². The third-order valence-electron chi connectivity index (χ3n) is 27.1. The second kappa shape index (κ2) is 57.9. The molecule has 12 heteroatoms. The number of hydrogen-bond donors (Lipinski definition) is 3. The van der Waals surface area contributed by atoms with Crippen molar-refractivity contribution in [2.24, 2.45) is 0 Å². The number of hydrogen-bond acceptors (Lipinski definition) is 6. The number of nitrogens with two attached hydrogens (primary N) is 1. The van der Waals surface area contributed by atoms with Gasteiger partial charge in [-0.05, 0) is 377 Å². The predicted octanol–water partition coefficient (Wildman–Crippen LogP) is 42.3. The van der Waals surface area contributed by atoms with Crippen LogP contribution in [0.5, 0.6) is 5.75 Å². The second-order valence-corrected chi connectivity index (χ2v) is 42.7. The molecular weight excluding hydrogens is 2000 g/mol. The van der Waals surface area contributed by atoms with Gasteiger partial charge >= 0.3 is 15.6 Å². The van der Waals surface area contributed by atoms with Crippen molar-refractivity contribution in [2.45, 2.75) is 262 Å². The van der Waals surface area contributed by atoms with Crippen molar-refractivity contribution in [3.8, 4) is 83.6 Å². The third kappa shape index (κ3) is 33.5. The van der Waals surface area contributed by atoms with Gasteiger partial charge in [-0.1, -0.05) is 423 Å². The van der Waals surface area contributed by atoms with Gasteiger partial charge < -0.3 is 20.6 Å². The van der Waals surface area contributed by atoms with E-state index in [0.29, 0.717) is 11.1 Å². The summed E-state index contributed by atoms with van der Waals surface area (Å²) in [5.74, 6) is -0.409. The topological polar surface area (TPSA) is 93.4 Å². The fourth-order valence-electron chi connectivity index (χ4n) is 19.1. The summed E-state index contributed by atoms with van der Waals surface area (Å²) in [7, 11) is -5.78. The van der Waals surface area contributed by atoms with Gasteiger partial charge in [0.15, 0.2) is 0 Å². The summed E-state index contributed by atoms with van der Waals surface area (Å²) < 4.78 is 68.8. The van der Waals surface area contributed by atoms with E-state index in [9.17, 15) is 21.6 Å². The summed E-state index contributed by atoms with van der Waals surface area (Å²) >= 11 is 5.74. The number of benzene rings is 17. The molecule has 0 atom stereocenters. The van der Waals surface area contributed by atoms with E-state index < -0.39 is 21.4 Å². The van der Waals surface area contributed by atoms with E-state index in [-0.39, 0.29) is 0 Å². The van der Waals surface area contributed by atoms with Crippen LogP contribution in [0.4, 0.5) is 41.6 Å². The average Bonchev–Trinajstić information content (AvgIpc) is 0.749. The SMILES string of the molecule is Brc1ccc(-c2ccc(I)cc2)cc1.CCCCC.CCCCC.CCCCCCCCc1cccc(N)c1.CCCCCCCCc1cccc(Nc2cccc(-c3ccc4ccc(C)c(-c5c(C)ccc6ccc(-c7cccc(Nc8cccc(CCCCCCCC)c8)c7)cc56)c4c3)c2)c1.Cc1cccc(-c2ccc3ccc(C)c(-c4c(C)ccc5ccc(-c6cccc(OS(=O)(=O)C(F)(F)F)c6)cc45)c3c2)c1. The summed E-state index contributed by atoms with van der Waals surface area (Å²) in [5.41, 5.74) is 31.4. The van der Waals surface area contributed by atoms with E-state index in [1.54, 1.807) is 6.07 Å². The zero-order chi connectivity index (χ0) is 104. The van der Waals surface area contributed by atoms with Crippen LogP contribution >= 0.6 is 38.5 Å². The minimum absolute atomic E-state index is 0.409. The summed E-state index contributed by atoms with van der Waals surface area (Å²) in [5, 5.41) is 16.7. The van der Waals surface area contributed by atoms with Gasteiger partial charge in [-0.3, -0.25) is 0 Å². The average molecular weight is 2150 g/mol. The van der Waals surface area contributed by atoms with Gasteiger partial charge in [0.1, 0.15) is 5.75 Å². The summed E-state index contributed by atoms with van der Waals surface area (Å²) in [6, 6.07) is 119. The number of nitrogen functional groups attached to an aromatic ring is 1. The molecule has 0 spiro atoms. The maximum absolute atomic E-state index is 12.9. The maximum atomic E-state index is 12.9. The van der Waals surface area contributed by atoms with Crippen molar-refractivity contribution in [2.75, 3.05) is 16.4 Å². The van der Waals surface area contributed by atoms with Crippen molar-refractivity contribution < 1.29 is 25.8 Å². The molecule has 4 N–H and O–H groups in total. The fraction of sp³-hybridized carbons (Fsp3) is 0.299. The highest BCUT2D eigenvalue weighted by Gasteiger charge is 2.48. The van der Waals surface area contributed by atoms with Crippen LogP contribution in [0.25, 0.3) is 121 Å². The molecule has 0 aliphatic carbocycles. The molecule has 0 aliphatic rings. The van der Waals surface area contributed by atoms with Gasteiger partial charge in [-0.25, -0.2) is 0 Å². The van der Waals surface area contributed by atoms with Gasteiger partial charge in [0.2, 0.25) is 0 Å². The lowest BCUT2D eigenvalue weighted by Crippen LogP contribution is -2.28. The van der Waals surface area contributed by atoms with Crippen molar-refractivity contribution in [1.29, 1.82) is 0 Å². The monoisotopic (exact) mass is 2140 g/mol. The predicted molar refractivity (Wildman–Crippen MR) is 639 cm³/mol. The van der Waals surface area contributed by atoms with E-state index >= 15 is 0 Å². The Morgan fingerprint density at radius 2 is 0.568 bits per heavy atom.